The molecule has 1 aliphatic rings. The van der Waals surface area contributed by atoms with E-state index < -0.39 is 12.1 Å². The van der Waals surface area contributed by atoms with Gasteiger partial charge in [0, 0.05) is 0 Å². The van der Waals surface area contributed by atoms with Crippen molar-refractivity contribution in [3.63, 3.8) is 0 Å². The summed E-state index contributed by atoms with van der Waals surface area (Å²) < 4.78 is 35.2. The van der Waals surface area contributed by atoms with Gasteiger partial charge in [-0.05, 0) is 18.8 Å². The molecule has 1 unspecified atom stereocenters. The highest BCUT2D eigenvalue weighted by Crippen LogP contribution is 2.46. The molecule has 1 radical (unpaired) electrons. The van der Waals surface area contributed by atoms with Crippen molar-refractivity contribution in [1.29, 1.82) is 0 Å². The lowest BCUT2D eigenvalue weighted by Crippen LogP contribution is -2.34. The first kappa shape index (κ1) is 6.90. The molecule has 0 bridgehead atoms. The van der Waals surface area contributed by atoms with E-state index >= 15 is 0 Å². The van der Waals surface area contributed by atoms with Crippen LogP contribution in [0.25, 0.3) is 0 Å². The Bertz CT molecular complexity index is 105. The van der Waals surface area contributed by atoms with Crippen LogP contribution in [0, 0.1) is 11.8 Å². The molecule has 0 N–H and O–H groups in total. The Hall–Kier alpha value is -0.210. The molecule has 1 atom stereocenters. The zero-order chi connectivity index (χ0) is 7.07. The average Bonchev–Trinajstić information content (AvgIpc) is 1.57. The average molecular weight is 137 g/mol. The third-order valence-corrected chi connectivity index (χ3v) is 1.82. The van der Waals surface area contributed by atoms with Crippen LogP contribution in [0.1, 0.15) is 19.8 Å². The summed E-state index contributed by atoms with van der Waals surface area (Å²) in [5.41, 5.74) is 0. The van der Waals surface area contributed by atoms with Gasteiger partial charge in [-0.3, -0.25) is 0 Å². The molecule has 0 spiro atoms. The summed E-state index contributed by atoms with van der Waals surface area (Å²) in [4.78, 5) is 0. The second kappa shape index (κ2) is 1.89. The van der Waals surface area contributed by atoms with Gasteiger partial charge < -0.3 is 0 Å². The van der Waals surface area contributed by atoms with Crippen molar-refractivity contribution in [3.05, 3.63) is 5.92 Å². The third kappa shape index (κ3) is 1.19. The molecule has 0 saturated heterocycles. The van der Waals surface area contributed by atoms with Crippen molar-refractivity contribution in [2.24, 2.45) is 5.92 Å². The number of hydrogen-bond acceptors (Lipinski definition) is 0. The van der Waals surface area contributed by atoms with Crippen LogP contribution in [0.3, 0.4) is 0 Å². The van der Waals surface area contributed by atoms with Crippen molar-refractivity contribution in [3.8, 4) is 0 Å². The smallest absolute Gasteiger partial charge is 0.171 e. The van der Waals surface area contributed by atoms with E-state index in [2.05, 4.69) is 0 Å². The summed E-state index contributed by atoms with van der Waals surface area (Å²) in [6, 6.07) is 0. The lowest BCUT2D eigenvalue weighted by Gasteiger charge is -2.34. The summed E-state index contributed by atoms with van der Waals surface area (Å²) in [5, 5.41) is 0. The normalized spacial score (nSPS) is 30.0. The van der Waals surface area contributed by atoms with Gasteiger partial charge in [-0.25, -0.2) is 0 Å². The van der Waals surface area contributed by atoms with E-state index in [0.29, 0.717) is 18.8 Å². The Morgan fingerprint density at radius 3 is 2.00 bits per heavy atom. The number of alkyl halides is 3. The maximum Gasteiger partial charge on any atom is 0.392 e. The lowest BCUT2D eigenvalue weighted by atomic mass is 9.74. The fraction of sp³-hybridized carbons (Fsp3) is 0.833. The molecule has 53 valence electrons. The van der Waals surface area contributed by atoms with Crippen molar-refractivity contribution in [1.82, 2.24) is 0 Å². The Labute approximate surface area is 52.1 Å². The fourth-order valence-corrected chi connectivity index (χ4v) is 1.02. The van der Waals surface area contributed by atoms with Crippen LogP contribution in [0.4, 0.5) is 13.2 Å². The SMILES string of the molecule is C[C]1CCC1C(F)(F)F. The molecule has 1 saturated carbocycles. The predicted molar refractivity (Wildman–Crippen MR) is 27.7 cm³/mol. The Morgan fingerprint density at radius 1 is 1.44 bits per heavy atom. The summed E-state index contributed by atoms with van der Waals surface area (Å²) in [5.74, 6) is -0.500. The molecule has 9 heavy (non-hydrogen) atoms. The molecule has 0 amide bonds. The topological polar surface area (TPSA) is 0 Å². The van der Waals surface area contributed by atoms with Crippen molar-refractivity contribution in [2.75, 3.05) is 0 Å². The Morgan fingerprint density at radius 2 is 2.00 bits per heavy atom. The van der Waals surface area contributed by atoms with Gasteiger partial charge in [0.25, 0.3) is 0 Å². The molecule has 1 aliphatic carbocycles. The van der Waals surface area contributed by atoms with Crippen molar-refractivity contribution in [2.45, 2.75) is 25.9 Å². The second-order valence-corrected chi connectivity index (χ2v) is 2.48. The van der Waals surface area contributed by atoms with Crippen molar-refractivity contribution < 1.29 is 13.2 Å². The quantitative estimate of drug-likeness (QED) is 0.481. The van der Waals surface area contributed by atoms with E-state index in [1.807, 2.05) is 0 Å². The molecule has 3 heteroatoms. The van der Waals surface area contributed by atoms with E-state index in [4.69, 9.17) is 0 Å². The minimum Gasteiger partial charge on any atom is -0.171 e. The van der Waals surface area contributed by atoms with Gasteiger partial charge in [-0.15, -0.1) is 0 Å². The summed E-state index contributed by atoms with van der Waals surface area (Å²) in [7, 11) is 0. The number of halogens is 3. The van der Waals surface area contributed by atoms with E-state index in [9.17, 15) is 13.2 Å². The highest BCUT2D eigenvalue weighted by molar-refractivity contribution is 5.04. The third-order valence-electron chi connectivity index (χ3n) is 1.82. The molecule has 0 aromatic rings. The molecule has 0 heterocycles. The van der Waals surface area contributed by atoms with Gasteiger partial charge >= 0.3 is 6.18 Å². The Balaban J connectivity index is 2.44. The molecular formula is C6H8F3. The number of rotatable bonds is 0. The number of hydrogen-bond donors (Lipinski definition) is 0. The lowest BCUT2D eigenvalue weighted by molar-refractivity contribution is -0.184. The first-order chi connectivity index (χ1) is 4.02. The summed E-state index contributed by atoms with van der Waals surface area (Å²) >= 11 is 0. The van der Waals surface area contributed by atoms with Crippen LogP contribution < -0.4 is 0 Å². The van der Waals surface area contributed by atoms with Gasteiger partial charge in [0.15, 0.2) is 0 Å². The van der Waals surface area contributed by atoms with Crippen LogP contribution in [0.5, 0.6) is 0 Å². The Kier molecular flexibility index (Phi) is 1.45. The molecular weight excluding hydrogens is 129 g/mol. The maximum absolute atomic E-state index is 11.7. The van der Waals surface area contributed by atoms with Crippen LogP contribution >= 0.6 is 0 Å². The maximum atomic E-state index is 11.7. The standard InChI is InChI=1S/C6H8F3/c1-4-2-3-5(4)6(7,8)9/h5H,2-3H2,1H3. The zero-order valence-corrected chi connectivity index (χ0v) is 5.13. The van der Waals surface area contributed by atoms with Crippen LogP contribution in [0.15, 0.2) is 0 Å². The van der Waals surface area contributed by atoms with E-state index in [1.54, 1.807) is 6.92 Å². The minimum atomic E-state index is -3.97. The largest absolute Gasteiger partial charge is 0.392 e. The van der Waals surface area contributed by atoms with E-state index in [0.717, 1.165) is 0 Å². The van der Waals surface area contributed by atoms with E-state index in [1.165, 1.54) is 0 Å². The molecule has 0 aromatic carbocycles. The second-order valence-electron chi connectivity index (χ2n) is 2.48. The van der Waals surface area contributed by atoms with Crippen LogP contribution in [-0.4, -0.2) is 6.18 Å². The first-order valence-corrected chi connectivity index (χ1v) is 2.91. The molecule has 1 fully saturated rings. The summed E-state index contributed by atoms with van der Waals surface area (Å²) in [6.45, 7) is 1.57. The van der Waals surface area contributed by atoms with Gasteiger partial charge in [0.1, 0.15) is 0 Å². The minimum absolute atomic E-state index is 0.301. The van der Waals surface area contributed by atoms with Gasteiger partial charge in [0.05, 0.1) is 5.92 Å². The molecule has 0 nitrogen and oxygen atoms in total. The first-order valence-electron chi connectivity index (χ1n) is 2.91. The van der Waals surface area contributed by atoms with Crippen molar-refractivity contribution >= 4 is 0 Å². The van der Waals surface area contributed by atoms with Crippen LogP contribution in [-0.2, 0) is 0 Å². The van der Waals surface area contributed by atoms with Crippen LogP contribution in [0.2, 0.25) is 0 Å². The molecule has 0 aromatic heterocycles. The van der Waals surface area contributed by atoms with E-state index in [-0.39, 0.29) is 0 Å². The monoisotopic (exact) mass is 137 g/mol. The predicted octanol–water partition coefficient (Wildman–Crippen LogP) is 2.55. The molecule has 1 rings (SSSR count). The fourth-order valence-electron chi connectivity index (χ4n) is 1.02. The van der Waals surface area contributed by atoms with Gasteiger partial charge in [-0.1, -0.05) is 6.92 Å². The highest BCUT2D eigenvalue weighted by atomic mass is 19.4. The molecule has 0 aliphatic heterocycles. The zero-order valence-electron chi connectivity index (χ0n) is 5.13. The van der Waals surface area contributed by atoms with Gasteiger partial charge in [0.2, 0.25) is 0 Å². The summed E-state index contributed by atoms with van der Waals surface area (Å²) in [6.07, 6.45) is -3.01. The highest BCUT2D eigenvalue weighted by Gasteiger charge is 2.47. The van der Waals surface area contributed by atoms with Gasteiger partial charge in [-0.2, -0.15) is 13.2 Å².